The third-order valence-electron chi connectivity index (χ3n) is 5.06. The first-order chi connectivity index (χ1) is 11.0. The quantitative estimate of drug-likeness (QED) is 0.893. The van der Waals surface area contributed by atoms with Crippen LogP contribution in [-0.4, -0.2) is 22.8 Å². The summed E-state index contributed by atoms with van der Waals surface area (Å²) in [6, 6.07) is 6.16. The average molecular weight is 331 g/mol. The molecule has 3 rings (SSSR count). The number of aliphatic hydroxyl groups excluding tert-OH is 1. The van der Waals surface area contributed by atoms with Crippen LogP contribution in [0.1, 0.15) is 64.5 Å². The van der Waals surface area contributed by atoms with E-state index in [0.717, 1.165) is 21.6 Å². The molecular weight excluding hydrogens is 304 g/mol. The van der Waals surface area contributed by atoms with Crippen LogP contribution in [0.2, 0.25) is 0 Å². The molecule has 0 bridgehead atoms. The van der Waals surface area contributed by atoms with Crippen LogP contribution < -0.4 is 5.32 Å². The van der Waals surface area contributed by atoms with Gasteiger partial charge in [-0.1, -0.05) is 13.8 Å². The first-order valence-corrected chi connectivity index (χ1v) is 8.52. The molecule has 1 aromatic heterocycles. The lowest BCUT2D eigenvalue weighted by molar-refractivity contribution is 0.101. The van der Waals surface area contributed by atoms with Gasteiger partial charge in [-0.15, -0.1) is 0 Å². The van der Waals surface area contributed by atoms with Gasteiger partial charge in [0.15, 0.2) is 0 Å². The van der Waals surface area contributed by atoms with Gasteiger partial charge < -0.3 is 25.1 Å². The normalized spacial score (nSPS) is 20.7. The molecule has 0 spiro atoms. The van der Waals surface area contributed by atoms with Gasteiger partial charge in [-0.25, -0.2) is 0 Å². The number of aliphatic hydroxyl groups is 1. The maximum absolute atomic E-state index is 12.7. The van der Waals surface area contributed by atoms with Gasteiger partial charge in [0.1, 0.15) is 17.4 Å². The van der Waals surface area contributed by atoms with Crippen LogP contribution in [0.15, 0.2) is 22.6 Å². The molecule has 1 aliphatic heterocycles. The van der Waals surface area contributed by atoms with E-state index in [1.807, 2.05) is 59.7 Å². The van der Waals surface area contributed by atoms with E-state index < -0.39 is 17.2 Å². The highest BCUT2D eigenvalue weighted by Crippen LogP contribution is 2.50. The molecule has 1 atom stereocenters. The average Bonchev–Trinajstić information content (AvgIpc) is 2.97. The predicted octanol–water partition coefficient (Wildman–Crippen LogP) is 3.75. The van der Waals surface area contributed by atoms with E-state index in [0.29, 0.717) is 23.9 Å². The lowest BCUT2D eigenvalue weighted by Gasteiger charge is -2.46. The molecule has 1 aromatic carbocycles. The van der Waals surface area contributed by atoms with Gasteiger partial charge in [0.25, 0.3) is 0 Å². The highest BCUT2D eigenvalue weighted by molar-refractivity contribution is 5.81. The van der Waals surface area contributed by atoms with Crippen molar-refractivity contribution in [3.63, 3.8) is 0 Å². The molecule has 5 heteroatoms. The Balaban J connectivity index is 2.02. The summed E-state index contributed by atoms with van der Waals surface area (Å²) < 4.78 is 5.87. The first-order valence-electron chi connectivity index (χ1n) is 8.52. The van der Waals surface area contributed by atoms with E-state index in [1.54, 1.807) is 0 Å². The summed E-state index contributed by atoms with van der Waals surface area (Å²) in [5.74, 6) is 0.552. The van der Waals surface area contributed by atoms with Crippen molar-refractivity contribution < 1.29 is 9.52 Å². The van der Waals surface area contributed by atoms with Crippen molar-refractivity contribution in [2.75, 3.05) is 6.54 Å². The number of furan rings is 1. The lowest BCUT2D eigenvalue weighted by atomic mass is 9.89. The monoisotopic (exact) mass is 331 g/mol. The maximum Gasteiger partial charge on any atom is 0.135 e. The molecule has 0 aliphatic carbocycles. The molecule has 2 aromatic rings. The highest BCUT2D eigenvalue weighted by atomic mass is 16.5. The summed E-state index contributed by atoms with van der Waals surface area (Å²) >= 11 is 0. The second kappa shape index (κ2) is 5.56. The van der Waals surface area contributed by atoms with Crippen molar-refractivity contribution in [3.05, 3.63) is 40.3 Å². The molecule has 0 saturated heterocycles. The number of nitrogens with zero attached hydrogens (tertiary/aromatic N) is 1. The number of benzene rings is 1. The number of fused-ring (bicyclic) bond motifs is 2. The maximum atomic E-state index is 12.7. The Morgan fingerprint density at radius 3 is 2.29 bits per heavy atom. The minimum absolute atomic E-state index is 0.303. The van der Waals surface area contributed by atoms with E-state index in [9.17, 15) is 10.3 Å². The molecule has 0 radical (unpaired) electrons. The Bertz CT molecular complexity index is 708. The predicted molar refractivity (Wildman–Crippen MR) is 95.6 cm³/mol. The third kappa shape index (κ3) is 2.56. The largest absolute Gasteiger partial charge is 0.784 e. The second-order valence-corrected chi connectivity index (χ2v) is 8.08. The van der Waals surface area contributed by atoms with E-state index >= 15 is 0 Å². The van der Waals surface area contributed by atoms with E-state index in [2.05, 4.69) is 5.32 Å². The zero-order valence-corrected chi connectivity index (χ0v) is 15.3. The summed E-state index contributed by atoms with van der Waals surface area (Å²) in [6.45, 7) is 12.3. The molecule has 2 heterocycles. The number of hydroxylamine groups is 2. The summed E-state index contributed by atoms with van der Waals surface area (Å²) in [4.78, 5) is 0. The Morgan fingerprint density at radius 1 is 1.12 bits per heavy atom. The number of rotatable bonds is 4. The Kier molecular flexibility index (Phi) is 4.04. The van der Waals surface area contributed by atoms with Crippen molar-refractivity contribution in [2.45, 2.75) is 64.8 Å². The zero-order valence-electron chi connectivity index (χ0n) is 15.3. The molecule has 1 aliphatic rings. The van der Waals surface area contributed by atoms with Gasteiger partial charge in [0.05, 0.1) is 0 Å². The van der Waals surface area contributed by atoms with Crippen LogP contribution >= 0.6 is 0 Å². The smallest absolute Gasteiger partial charge is 0.135 e. The van der Waals surface area contributed by atoms with Crippen molar-refractivity contribution in [3.8, 4) is 0 Å². The van der Waals surface area contributed by atoms with Gasteiger partial charge >= 0.3 is 0 Å². The Morgan fingerprint density at radius 2 is 1.71 bits per heavy atom. The highest BCUT2D eigenvalue weighted by Gasteiger charge is 2.44. The van der Waals surface area contributed by atoms with Crippen LogP contribution in [0.5, 0.6) is 0 Å². The van der Waals surface area contributed by atoms with Gasteiger partial charge in [-0.2, -0.15) is 0 Å². The minimum Gasteiger partial charge on any atom is -0.784 e. The van der Waals surface area contributed by atoms with E-state index in [1.165, 1.54) is 0 Å². The standard InChI is InChI=1S/C19H27N2O3/c1-11(2)20-10-15(22)17-8-12-7-13-14(9-16(12)24-17)19(5,6)21(23)18(13,3)4/h7-9,11,15,20,22H,10H2,1-6H3/q-1. The van der Waals surface area contributed by atoms with Gasteiger partial charge in [0.2, 0.25) is 0 Å². The van der Waals surface area contributed by atoms with Crippen LogP contribution in [0, 0.1) is 5.21 Å². The zero-order chi connectivity index (χ0) is 17.9. The fourth-order valence-electron chi connectivity index (χ4n) is 3.65. The molecule has 132 valence electrons. The van der Waals surface area contributed by atoms with Crippen molar-refractivity contribution in [1.29, 1.82) is 0 Å². The fourth-order valence-corrected chi connectivity index (χ4v) is 3.65. The number of nitrogens with one attached hydrogen (secondary N) is 1. The second-order valence-electron chi connectivity index (χ2n) is 8.08. The van der Waals surface area contributed by atoms with Crippen LogP contribution in [0.4, 0.5) is 0 Å². The van der Waals surface area contributed by atoms with Crippen LogP contribution in [0.25, 0.3) is 11.0 Å². The topological polar surface area (TPSA) is 71.7 Å². The fraction of sp³-hybridized carbons (Fsp3) is 0.579. The Labute approximate surface area is 143 Å². The number of hydrogen-bond acceptors (Lipinski definition) is 5. The summed E-state index contributed by atoms with van der Waals surface area (Å²) in [5, 5.41) is 28.3. The SMILES string of the molecule is CC(C)NCC(O)c1cc2cc3c(cc2o1)C(C)(C)N([O-])C3(C)C. The minimum atomic E-state index is -0.688. The lowest BCUT2D eigenvalue weighted by Crippen LogP contribution is -2.40. The molecule has 1 unspecified atom stereocenters. The summed E-state index contributed by atoms with van der Waals surface area (Å²) in [6.07, 6.45) is -0.688. The molecule has 0 fully saturated rings. The molecule has 24 heavy (non-hydrogen) atoms. The summed E-state index contributed by atoms with van der Waals surface area (Å²) in [5.41, 5.74) is 1.55. The van der Waals surface area contributed by atoms with Crippen molar-refractivity contribution in [2.24, 2.45) is 0 Å². The molecule has 5 nitrogen and oxygen atoms in total. The summed E-state index contributed by atoms with van der Waals surface area (Å²) in [7, 11) is 0. The first kappa shape index (κ1) is 17.4. The van der Waals surface area contributed by atoms with Gasteiger partial charge in [-0.3, -0.25) is 0 Å². The van der Waals surface area contributed by atoms with Crippen LogP contribution in [0.3, 0.4) is 0 Å². The number of hydrogen-bond donors (Lipinski definition) is 2. The molecule has 0 saturated carbocycles. The Hall–Kier alpha value is -1.40. The van der Waals surface area contributed by atoms with Crippen molar-refractivity contribution >= 4 is 11.0 Å². The van der Waals surface area contributed by atoms with E-state index in [4.69, 9.17) is 4.42 Å². The molecule has 0 amide bonds. The molecule has 2 N–H and O–H groups in total. The van der Waals surface area contributed by atoms with Crippen LogP contribution in [-0.2, 0) is 11.1 Å². The van der Waals surface area contributed by atoms with Gasteiger partial charge in [0, 0.05) is 29.1 Å². The molecular formula is C19H27N2O3-. The third-order valence-corrected chi connectivity index (χ3v) is 5.06. The van der Waals surface area contributed by atoms with Crippen molar-refractivity contribution in [1.82, 2.24) is 10.4 Å². The van der Waals surface area contributed by atoms with Gasteiger partial charge in [-0.05, 0) is 57.0 Å². The van der Waals surface area contributed by atoms with E-state index in [-0.39, 0.29) is 0 Å².